The standard InChI is InChI=1S/C19H16Cl3N3O2S/c1-2-8-25-18(27)12-7-6-11(20)9-15(12)23-19(25)28-10-16(26)24-17-13(21)4-3-5-14(17)22/h3-7,9H,2,8,10H2,1H3,(H,24,26). The fourth-order valence-electron chi connectivity index (χ4n) is 2.63. The molecule has 0 saturated heterocycles. The lowest BCUT2D eigenvalue weighted by Crippen LogP contribution is -2.24. The fourth-order valence-corrected chi connectivity index (χ4v) is 4.11. The van der Waals surface area contributed by atoms with Crippen molar-refractivity contribution in [2.24, 2.45) is 0 Å². The lowest BCUT2D eigenvalue weighted by Gasteiger charge is -2.13. The van der Waals surface area contributed by atoms with E-state index in [0.717, 1.165) is 6.42 Å². The number of carbonyl (C=O) groups excluding carboxylic acids is 1. The number of benzene rings is 2. The lowest BCUT2D eigenvalue weighted by molar-refractivity contribution is -0.113. The summed E-state index contributed by atoms with van der Waals surface area (Å²) in [5.41, 5.74) is 0.711. The first-order valence-corrected chi connectivity index (χ1v) is 10.6. The summed E-state index contributed by atoms with van der Waals surface area (Å²) in [5, 5.41) is 4.86. The topological polar surface area (TPSA) is 64.0 Å². The summed E-state index contributed by atoms with van der Waals surface area (Å²) in [4.78, 5) is 29.7. The zero-order valence-corrected chi connectivity index (χ0v) is 17.9. The van der Waals surface area contributed by atoms with Gasteiger partial charge in [-0.2, -0.15) is 0 Å². The fraction of sp³-hybridized carbons (Fsp3) is 0.211. The highest BCUT2D eigenvalue weighted by Gasteiger charge is 2.15. The Morgan fingerprint density at radius 2 is 1.89 bits per heavy atom. The molecule has 0 saturated carbocycles. The molecular formula is C19H16Cl3N3O2S. The Hall–Kier alpha value is -1.73. The number of amides is 1. The van der Waals surface area contributed by atoms with Gasteiger partial charge in [0.25, 0.3) is 5.56 Å². The highest BCUT2D eigenvalue weighted by molar-refractivity contribution is 7.99. The van der Waals surface area contributed by atoms with E-state index >= 15 is 0 Å². The van der Waals surface area contributed by atoms with E-state index in [9.17, 15) is 9.59 Å². The van der Waals surface area contributed by atoms with Crippen LogP contribution in [0.2, 0.25) is 15.1 Å². The maximum Gasteiger partial charge on any atom is 0.262 e. The van der Waals surface area contributed by atoms with Crippen LogP contribution in [0.15, 0.2) is 46.3 Å². The minimum absolute atomic E-state index is 0.0454. The first kappa shape index (κ1) is 21.0. The number of hydrogen-bond donors (Lipinski definition) is 1. The summed E-state index contributed by atoms with van der Waals surface area (Å²) >= 11 is 19.4. The van der Waals surface area contributed by atoms with Crippen molar-refractivity contribution in [3.05, 3.63) is 61.8 Å². The van der Waals surface area contributed by atoms with Crippen LogP contribution in [0, 0.1) is 0 Å². The molecule has 0 atom stereocenters. The van der Waals surface area contributed by atoms with E-state index in [0.29, 0.717) is 43.4 Å². The Bertz CT molecular complexity index is 1080. The molecular weight excluding hydrogens is 441 g/mol. The van der Waals surface area contributed by atoms with E-state index < -0.39 is 0 Å². The van der Waals surface area contributed by atoms with E-state index in [1.807, 2.05) is 6.92 Å². The molecule has 0 spiro atoms. The molecule has 9 heteroatoms. The van der Waals surface area contributed by atoms with Crippen molar-refractivity contribution in [2.75, 3.05) is 11.1 Å². The van der Waals surface area contributed by atoms with Crippen LogP contribution in [-0.2, 0) is 11.3 Å². The maximum absolute atomic E-state index is 12.8. The van der Waals surface area contributed by atoms with Gasteiger partial charge in [0.1, 0.15) is 0 Å². The zero-order chi connectivity index (χ0) is 20.3. The van der Waals surface area contributed by atoms with Crippen LogP contribution in [-0.4, -0.2) is 21.2 Å². The number of thioether (sulfide) groups is 1. The average Bonchev–Trinajstić information content (AvgIpc) is 2.65. The van der Waals surface area contributed by atoms with Gasteiger partial charge in [-0.3, -0.25) is 14.2 Å². The van der Waals surface area contributed by atoms with Gasteiger partial charge >= 0.3 is 0 Å². The summed E-state index contributed by atoms with van der Waals surface area (Å²) in [5.74, 6) is -0.257. The van der Waals surface area contributed by atoms with Crippen LogP contribution in [0.4, 0.5) is 5.69 Å². The number of hydrogen-bond acceptors (Lipinski definition) is 4. The molecule has 0 fully saturated rings. The molecule has 28 heavy (non-hydrogen) atoms. The highest BCUT2D eigenvalue weighted by Crippen LogP contribution is 2.30. The second-order valence-electron chi connectivity index (χ2n) is 5.95. The molecule has 1 amide bonds. The number of nitrogens with zero attached hydrogens (tertiary/aromatic N) is 2. The SMILES string of the molecule is CCCn1c(SCC(=O)Nc2c(Cl)cccc2Cl)nc2cc(Cl)ccc2c1=O. The number of fused-ring (bicyclic) bond motifs is 1. The molecule has 0 aliphatic rings. The van der Waals surface area contributed by atoms with Gasteiger partial charge in [0.05, 0.1) is 32.4 Å². The van der Waals surface area contributed by atoms with Crippen molar-refractivity contribution in [3.8, 4) is 0 Å². The van der Waals surface area contributed by atoms with E-state index in [2.05, 4.69) is 10.3 Å². The van der Waals surface area contributed by atoms with Crippen LogP contribution in [0.3, 0.4) is 0 Å². The Morgan fingerprint density at radius 3 is 2.57 bits per heavy atom. The monoisotopic (exact) mass is 455 g/mol. The lowest BCUT2D eigenvalue weighted by atomic mass is 10.2. The Morgan fingerprint density at radius 1 is 1.18 bits per heavy atom. The van der Waals surface area contributed by atoms with Crippen molar-refractivity contribution in [2.45, 2.75) is 25.0 Å². The van der Waals surface area contributed by atoms with Gasteiger partial charge < -0.3 is 5.32 Å². The summed E-state index contributed by atoms with van der Waals surface area (Å²) < 4.78 is 1.58. The number of rotatable bonds is 6. The van der Waals surface area contributed by atoms with Crippen molar-refractivity contribution >= 4 is 69.1 Å². The number of para-hydroxylation sites is 1. The number of halogens is 3. The largest absolute Gasteiger partial charge is 0.323 e. The third-order valence-electron chi connectivity index (χ3n) is 3.89. The number of anilines is 1. The van der Waals surface area contributed by atoms with Gasteiger partial charge in [-0.15, -0.1) is 0 Å². The number of carbonyl (C=O) groups is 1. The van der Waals surface area contributed by atoms with Crippen LogP contribution in [0.5, 0.6) is 0 Å². The van der Waals surface area contributed by atoms with Gasteiger partial charge in [-0.05, 0) is 36.8 Å². The van der Waals surface area contributed by atoms with Crippen LogP contribution in [0.1, 0.15) is 13.3 Å². The van der Waals surface area contributed by atoms with E-state index in [1.54, 1.807) is 41.0 Å². The van der Waals surface area contributed by atoms with Gasteiger partial charge in [-0.25, -0.2) is 4.98 Å². The molecule has 1 aromatic heterocycles. The van der Waals surface area contributed by atoms with Crippen LogP contribution in [0.25, 0.3) is 10.9 Å². The van der Waals surface area contributed by atoms with Gasteiger partial charge in [-0.1, -0.05) is 59.6 Å². The Kier molecular flexibility index (Phi) is 6.88. The summed E-state index contributed by atoms with van der Waals surface area (Å²) in [7, 11) is 0. The van der Waals surface area contributed by atoms with E-state index in [-0.39, 0.29) is 17.2 Å². The summed E-state index contributed by atoms with van der Waals surface area (Å²) in [6.45, 7) is 2.48. The smallest absolute Gasteiger partial charge is 0.262 e. The normalized spacial score (nSPS) is 11.0. The molecule has 3 rings (SSSR count). The predicted octanol–water partition coefficient (Wildman–Crippen LogP) is 5.50. The van der Waals surface area contributed by atoms with Crippen molar-refractivity contribution in [3.63, 3.8) is 0 Å². The number of nitrogens with one attached hydrogen (secondary N) is 1. The second kappa shape index (κ2) is 9.18. The molecule has 0 bridgehead atoms. The second-order valence-corrected chi connectivity index (χ2v) is 8.14. The first-order chi connectivity index (χ1) is 13.4. The van der Waals surface area contributed by atoms with Gasteiger partial charge in [0, 0.05) is 11.6 Å². The summed E-state index contributed by atoms with van der Waals surface area (Å²) in [6, 6.07) is 9.95. The van der Waals surface area contributed by atoms with E-state index in [1.165, 1.54) is 11.8 Å². The molecule has 0 aliphatic heterocycles. The van der Waals surface area contributed by atoms with Gasteiger partial charge in [0.15, 0.2) is 5.16 Å². The minimum atomic E-state index is -0.302. The molecule has 1 N–H and O–H groups in total. The molecule has 2 aromatic carbocycles. The highest BCUT2D eigenvalue weighted by atomic mass is 35.5. The Balaban J connectivity index is 1.86. The third kappa shape index (κ3) is 4.63. The molecule has 5 nitrogen and oxygen atoms in total. The molecule has 3 aromatic rings. The Labute approximate surface area is 181 Å². The van der Waals surface area contributed by atoms with Crippen molar-refractivity contribution < 1.29 is 4.79 Å². The quantitative estimate of drug-likeness (QED) is 0.393. The van der Waals surface area contributed by atoms with E-state index in [4.69, 9.17) is 34.8 Å². The van der Waals surface area contributed by atoms with Crippen LogP contribution < -0.4 is 10.9 Å². The molecule has 0 radical (unpaired) electrons. The van der Waals surface area contributed by atoms with Gasteiger partial charge in [0.2, 0.25) is 5.91 Å². The molecule has 0 aliphatic carbocycles. The predicted molar refractivity (Wildman–Crippen MR) is 117 cm³/mol. The van der Waals surface area contributed by atoms with Crippen molar-refractivity contribution in [1.29, 1.82) is 0 Å². The average molecular weight is 457 g/mol. The third-order valence-corrected chi connectivity index (χ3v) is 5.73. The molecule has 146 valence electrons. The first-order valence-electron chi connectivity index (χ1n) is 8.47. The molecule has 1 heterocycles. The summed E-state index contributed by atoms with van der Waals surface area (Å²) in [6.07, 6.45) is 0.760. The van der Waals surface area contributed by atoms with Crippen LogP contribution >= 0.6 is 46.6 Å². The maximum atomic E-state index is 12.8. The van der Waals surface area contributed by atoms with Crippen molar-refractivity contribution in [1.82, 2.24) is 9.55 Å². The number of aromatic nitrogens is 2. The molecule has 0 unspecified atom stereocenters. The minimum Gasteiger partial charge on any atom is -0.323 e. The zero-order valence-electron chi connectivity index (χ0n) is 14.8.